The molecule has 2 N–H and O–H groups in total. The van der Waals surface area contributed by atoms with Crippen LogP contribution in [0.25, 0.3) is 0 Å². The van der Waals surface area contributed by atoms with Crippen molar-refractivity contribution in [2.75, 3.05) is 33.5 Å². The number of hydrogen-bond donors (Lipinski definition) is 1. The molecule has 0 saturated carbocycles. The van der Waals surface area contributed by atoms with Crippen molar-refractivity contribution in [3.8, 4) is 5.75 Å². The third kappa shape index (κ3) is 5.10. The number of aromatic nitrogens is 1. The Balaban J connectivity index is 2.59. The summed E-state index contributed by atoms with van der Waals surface area (Å²) in [6, 6.07) is 1.83. The molecule has 1 aromatic heterocycles. The summed E-state index contributed by atoms with van der Waals surface area (Å²) >= 11 is 5.03. The zero-order valence-electron chi connectivity index (χ0n) is 11.6. The molecule has 106 valence electrons. The Labute approximate surface area is 119 Å². The molecule has 0 spiro atoms. The Morgan fingerprint density at radius 2 is 1.95 bits per heavy atom. The van der Waals surface area contributed by atoms with Gasteiger partial charge in [0.15, 0.2) is 0 Å². The number of pyridine rings is 1. The summed E-state index contributed by atoms with van der Waals surface area (Å²) in [5, 5.41) is 0. The van der Waals surface area contributed by atoms with Crippen LogP contribution in [0.2, 0.25) is 0 Å². The molecule has 1 aromatic rings. The molecule has 6 heteroatoms. The summed E-state index contributed by atoms with van der Waals surface area (Å²) in [4.78, 5) is 4.62. The van der Waals surface area contributed by atoms with Crippen molar-refractivity contribution in [2.24, 2.45) is 5.73 Å². The van der Waals surface area contributed by atoms with E-state index in [1.165, 1.54) is 0 Å². The minimum absolute atomic E-state index is 0.292. The number of ether oxygens (including phenoxy) is 3. The molecule has 0 amide bonds. The average Bonchev–Trinajstić information content (AvgIpc) is 2.32. The number of nitrogens with zero attached hydrogens (tertiary/aromatic N) is 1. The fourth-order valence-electron chi connectivity index (χ4n) is 1.66. The first-order valence-electron chi connectivity index (χ1n) is 6.03. The van der Waals surface area contributed by atoms with Crippen LogP contribution in [-0.2, 0) is 9.47 Å². The van der Waals surface area contributed by atoms with E-state index in [4.69, 9.17) is 32.2 Å². The number of hydrogen-bond acceptors (Lipinski definition) is 5. The van der Waals surface area contributed by atoms with Crippen LogP contribution in [0.5, 0.6) is 5.75 Å². The Hall–Kier alpha value is -1.24. The standard InChI is InChI=1S/C13H20N2O3S/c1-9-8-11(12(13(14)19)10(2)15-9)18-7-6-17-5-4-16-3/h8H,4-7H2,1-3H3,(H2,14,19). The van der Waals surface area contributed by atoms with E-state index in [2.05, 4.69) is 4.98 Å². The van der Waals surface area contributed by atoms with Crippen LogP contribution in [-0.4, -0.2) is 43.5 Å². The molecule has 0 aliphatic carbocycles. The molecule has 1 rings (SSSR count). The Morgan fingerprint density at radius 3 is 2.58 bits per heavy atom. The van der Waals surface area contributed by atoms with Crippen LogP contribution in [0.3, 0.4) is 0 Å². The van der Waals surface area contributed by atoms with Gasteiger partial charge in [-0.2, -0.15) is 0 Å². The van der Waals surface area contributed by atoms with Gasteiger partial charge in [0.2, 0.25) is 0 Å². The molecule has 0 aromatic carbocycles. The second-order valence-electron chi connectivity index (χ2n) is 4.04. The molecule has 0 fully saturated rings. The molecule has 0 aliphatic heterocycles. The predicted molar refractivity (Wildman–Crippen MR) is 77.8 cm³/mol. The van der Waals surface area contributed by atoms with Gasteiger partial charge in [-0.25, -0.2) is 0 Å². The molecule has 1 heterocycles. The molecule has 0 radical (unpaired) electrons. The van der Waals surface area contributed by atoms with E-state index < -0.39 is 0 Å². The van der Waals surface area contributed by atoms with Crippen molar-refractivity contribution in [1.82, 2.24) is 4.98 Å². The van der Waals surface area contributed by atoms with Crippen molar-refractivity contribution < 1.29 is 14.2 Å². The lowest BCUT2D eigenvalue weighted by atomic mass is 10.1. The lowest BCUT2D eigenvalue weighted by molar-refractivity contribution is 0.0543. The topological polar surface area (TPSA) is 66.6 Å². The zero-order valence-corrected chi connectivity index (χ0v) is 12.4. The van der Waals surface area contributed by atoms with E-state index in [0.29, 0.717) is 42.7 Å². The molecule has 0 aliphatic rings. The highest BCUT2D eigenvalue weighted by atomic mass is 32.1. The van der Waals surface area contributed by atoms with Gasteiger partial charge in [0.25, 0.3) is 0 Å². The van der Waals surface area contributed by atoms with E-state index in [0.717, 1.165) is 11.4 Å². The van der Waals surface area contributed by atoms with Gasteiger partial charge in [-0.1, -0.05) is 12.2 Å². The second kappa shape index (κ2) is 8.04. The predicted octanol–water partition coefficient (Wildman–Crippen LogP) is 1.37. The van der Waals surface area contributed by atoms with Crippen LogP contribution < -0.4 is 10.5 Å². The first-order chi connectivity index (χ1) is 9.06. The monoisotopic (exact) mass is 284 g/mol. The van der Waals surface area contributed by atoms with Gasteiger partial charge in [0.05, 0.1) is 31.1 Å². The van der Waals surface area contributed by atoms with Crippen molar-refractivity contribution in [1.29, 1.82) is 0 Å². The minimum atomic E-state index is 0.292. The first kappa shape index (κ1) is 15.8. The lowest BCUT2D eigenvalue weighted by Crippen LogP contribution is -2.17. The summed E-state index contributed by atoms with van der Waals surface area (Å²) in [6.45, 7) is 5.81. The van der Waals surface area contributed by atoms with Gasteiger partial charge < -0.3 is 19.9 Å². The van der Waals surface area contributed by atoms with Crippen molar-refractivity contribution in [3.63, 3.8) is 0 Å². The number of rotatable bonds is 8. The first-order valence-corrected chi connectivity index (χ1v) is 6.44. The van der Waals surface area contributed by atoms with Crippen molar-refractivity contribution >= 4 is 17.2 Å². The normalized spacial score (nSPS) is 10.5. The maximum atomic E-state index is 5.70. The molecular formula is C13H20N2O3S. The van der Waals surface area contributed by atoms with Gasteiger partial charge >= 0.3 is 0 Å². The smallest absolute Gasteiger partial charge is 0.133 e. The third-order valence-electron chi connectivity index (χ3n) is 2.46. The fraction of sp³-hybridized carbons (Fsp3) is 0.538. The summed E-state index contributed by atoms with van der Waals surface area (Å²) in [7, 11) is 1.64. The van der Waals surface area contributed by atoms with Gasteiger partial charge in [0.1, 0.15) is 17.3 Å². The zero-order chi connectivity index (χ0) is 14.3. The maximum absolute atomic E-state index is 5.70. The number of thiocarbonyl (C=S) groups is 1. The van der Waals surface area contributed by atoms with Gasteiger partial charge in [-0.15, -0.1) is 0 Å². The van der Waals surface area contributed by atoms with E-state index in [9.17, 15) is 0 Å². The highest BCUT2D eigenvalue weighted by Crippen LogP contribution is 2.22. The lowest BCUT2D eigenvalue weighted by Gasteiger charge is -2.13. The summed E-state index contributed by atoms with van der Waals surface area (Å²) in [5.74, 6) is 0.660. The number of methoxy groups -OCH3 is 1. The van der Waals surface area contributed by atoms with Gasteiger partial charge in [-0.3, -0.25) is 4.98 Å². The highest BCUT2D eigenvalue weighted by molar-refractivity contribution is 7.80. The molecule has 0 atom stereocenters. The van der Waals surface area contributed by atoms with Crippen LogP contribution in [0.1, 0.15) is 17.0 Å². The minimum Gasteiger partial charge on any atom is -0.490 e. The molecular weight excluding hydrogens is 264 g/mol. The molecule has 5 nitrogen and oxygen atoms in total. The maximum Gasteiger partial charge on any atom is 0.133 e. The molecule has 0 unspecified atom stereocenters. The van der Waals surface area contributed by atoms with E-state index in [1.807, 2.05) is 19.9 Å². The average molecular weight is 284 g/mol. The van der Waals surface area contributed by atoms with Gasteiger partial charge in [-0.05, 0) is 13.8 Å². The summed E-state index contributed by atoms with van der Waals surface area (Å²) in [6.07, 6.45) is 0. The van der Waals surface area contributed by atoms with E-state index >= 15 is 0 Å². The number of nitrogens with two attached hydrogens (primary N) is 1. The van der Waals surface area contributed by atoms with Crippen LogP contribution >= 0.6 is 12.2 Å². The Morgan fingerprint density at radius 1 is 1.26 bits per heavy atom. The van der Waals surface area contributed by atoms with E-state index in [1.54, 1.807) is 7.11 Å². The highest BCUT2D eigenvalue weighted by Gasteiger charge is 2.12. The van der Waals surface area contributed by atoms with Crippen molar-refractivity contribution in [3.05, 3.63) is 23.0 Å². The SMILES string of the molecule is COCCOCCOc1cc(C)nc(C)c1C(N)=S. The second-order valence-corrected chi connectivity index (χ2v) is 4.48. The fourth-order valence-corrected chi connectivity index (χ4v) is 1.91. The molecule has 0 bridgehead atoms. The Kier molecular flexibility index (Phi) is 6.69. The van der Waals surface area contributed by atoms with Gasteiger partial charge in [0, 0.05) is 18.9 Å². The summed E-state index contributed by atoms with van der Waals surface area (Å²) < 4.78 is 15.9. The Bertz CT molecular complexity index is 438. The summed E-state index contributed by atoms with van der Waals surface area (Å²) in [5.41, 5.74) is 8.04. The molecule has 19 heavy (non-hydrogen) atoms. The quantitative estimate of drug-likeness (QED) is 0.574. The molecule has 0 saturated heterocycles. The van der Waals surface area contributed by atoms with Crippen molar-refractivity contribution in [2.45, 2.75) is 13.8 Å². The third-order valence-corrected chi connectivity index (χ3v) is 2.66. The van der Waals surface area contributed by atoms with E-state index in [-0.39, 0.29) is 0 Å². The largest absolute Gasteiger partial charge is 0.490 e. The van der Waals surface area contributed by atoms with Crippen LogP contribution in [0.4, 0.5) is 0 Å². The van der Waals surface area contributed by atoms with Crippen LogP contribution in [0.15, 0.2) is 6.07 Å². The van der Waals surface area contributed by atoms with Crippen LogP contribution in [0, 0.1) is 13.8 Å². The number of aryl methyl sites for hydroxylation is 2.